The van der Waals surface area contributed by atoms with E-state index in [0.717, 1.165) is 39.0 Å². The van der Waals surface area contributed by atoms with Crippen molar-refractivity contribution in [2.45, 2.75) is 38.3 Å². The lowest BCUT2D eigenvalue weighted by Gasteiger charge is -2.27. The second-order valence-electron chi connectivity index (χ2n) is 5.44. The van der Waals surface area contributed by atoms with Crippen molar-refractivity contribution in [1.29, 1.82) is 0 Å². The van der Waals surface area contributed by atoms with E-state index in [1.165, 1.54) is 0 Å². The second-order valence-corrected chi connectivity index (χ2v) is 5.44. The van der Waals surface area contributed by atoms with Gasteiger partial charge in [-0.05, 0) is 31.7 Å². The zero-order valence-corrected chi connectivity index (χ0v) is 11.1. The zero-order valence-electron chi connectivity index (χ0n) is 11.1. The summed E-state index contributed by atoms with van der Waals surface area (Å²) in [5.41, 5.74) is 0. The Balaban J connectivity index is 1.76. The Hall–Kier alpha value is -0.650. The largest absolute Gasteiger partial charge is 0.395 e. The Bertz CT molecular complexity index is 279. The first-order chi connectivity index (χ1) is 8.70. The highest BCUT2D eigenvalue weighted by atomic mass is 16.5. The van der Waals surface area contributed by atoms with Gasteiger partial charge in [-0.25, -0.2) is 0 Å². The van der Waals surface area contributed by atoms with Crippen LogP contribution in [0.4, 0.5) is 0 Å². The number of carbonyl (C=O) groups is 1. The fourth-order valence-corrected chi connectivity index (χ4v) is 2.88. The van der Waals surface area contributed by atoms with Gasteiger partial charge in [-0.2, -0.15) is 0 Å². The van der Waals surface area contributed by atoms with Crippen molar-refractivity contribution in [2.24, 2.45) is 5.92 Å². The van der Waals surface area contributed by atoms with Crippen LogP contribution in [-0.2, 0) is 9.53 Å². The zero-order chi connectivity index (χ0) is 13.0. The predicted octanol–water partition coefficient (Wildman–Crippen LogP) is -0.0157. The summed E-state index contributed by atoms with van der Waals surface area (Å²) < 4.78 is 5.27. The lowest BCUT2D eigenvalue weighted by molar-refractivity contribution is -0.124. The van der Waals surface area contributed by atoms with Crippen molar-refractivity contribution >= 4 is 5.91 Å². The monoisotopic (exact) mass is 256 g/mol. The maximum absolute atomic E-state index is 12.0. The number of nitrogens with one attached hydrogen (secondary N) is 1. The summed E-state index contributed by atoms with van der Waals surface area (Å²) in [5.74, 6) is 0.556. The molecule has 2 saturated heterocycles. The molecule has 0 saturated carbocycles. The maximum atomic E-state index is 12.0. The van der Waals surface area contributed by atoms with Crippen LogP contribution in [0.25, 0.3) is 0 Å². The molecule has 2 fully saturated rings. The SMILES string of the molecule is CC1CCN(CC(=O)NC2CCOCC2)C1CO. The van der Waals surface area contributed by atoms with Gasteiger partial charge in [0.25, 0.3) is 0 Å². The summed E-state index contributed by atoms with van der Waals surface area (Å²) in [6, 6.07) is 0.407. The number of aliphatic hydroxyl groups excluding tert-OH is 1. The van der Waals surface area contributed by atoms with Gasteiger partial charge in [-0.3, -0.25) is 9.69 Å². The van der Waals surface area contributed by atoms with Crippen LogP contribution in [0.5, 0.6) is 0 Å². The molecular formula is C13H24N2O3. The Kier molecular flexibility index (Phi) is 4.97. The average molecular weight is 256 g/mol. The smallest absolute Gasteiger partial charge is 0.234 e. The Morgan fingerprint density at radius 2 is 2.11 bits per heavy atom. The highest BCUT2D eigenvalue weighted by Gasteiger charge is 2.31. The molecule has 104 valence electrons. The molecular weight excluding hydrogens is 232 g/mol. The molecule has 5 nitrogen and oxygen atoms in total. The number of carbonyl (C=O) groups excluding carboxylic acids is 1. The van der Waals surface area contributed by atoms with Crippen LogP contribution < -0.4 is 5.32 Å². The van der Waals surface area contributed by atoms with Crippen LogP contribution in [-0.4, -0.2) is 60.9 Å². The molecule has 2 atom stereocenters. The molecule has 2 heterocycles. The van der Waals surface area contributed by atoms with Crippen molar-refractivity contribution < 1.29 is 14.6 Å². The van der Waals surface area contributed by atoms with Gasteiger partial charge in [0.2, 0.25) is 5.91 Å². The van der Waals surface area contributed by atoms with E-state index in [2.05, 4.69) is 17.1 Å². The molecule has 0 aromatic carbocycles. The molecule has 18 heavy (non-hydrogen) atoms. The fourth-order valence-electron chi connectivity index (χ4n) is 2.88. The first kappa shape index (κ1) is 13.8. The van der Waals surface area contributed by atoms with Gasteiger partial charge in [-0.15, -0.1) is 0 Å². The van der Waals surface area contributed by atoms with Gasteiger partial charge in [-0.1, -0.05) is 6.92 Å². The third-order valence-electron chi connectivity index (χ3n) is 4.12. The maximum Gasteiger partial charge on any atom is 0.234 e. The van der Waals surface area contributed by atoms with E-state index in [1.807, 2.05) is 0 Å². The molecule has 0 aliphatic carbocycles. The first-order valence-corrected chi connectivity index (χ1v) is 6.92. The topological polar surface area (TPSA) is 61.8 Å². The molecule has 0 radical (unpaired) electrons. The quantitative estimate of drug-likeness (QED) is 0.742. The van der Waals surface area contributed by atoms with Crippen LogP contribution in [0.2, 0.25) is 0 Å². The molecule has 2 aliphatic heterocycles. The van der Waals surface area contributed by atoms with Crippen molar-refractivity contribution in [3.8, 4) is 0 Å². The lowest BCUT2D eigenvalue weighted by atomic mass is 10.0. The predicted molar refractivity (Wildman–Crippen MR) is 68.2 cm³/mol. The average Bonchev–Trinajstić information content (AvgIpc) is 2.71. The van der Waals surface area contributed by atoms with Crippen molar-refractivity contribution in [3.05, 3.63) is 0 Å². The second kappa shape index (κ2) is 6.50. The molecule has 2 rings (SSSR count). The Morgan fingerprint density at radius 1 is 1.39 bits per heavy atom. The van der Waals surface area contributed by atoms with Crippen molar-refractivity contribution in [2.75, 3.05) is 32.9 Å². The van der Waals surface area contributed by atoms with E-state index in [1.54, 1.807) is 0 Å². The summed E-state index contributed by atoms with van der Waals surface area (Å²) >= 11 is 0. The van der Waals surface area contributed by atoms with Crippen LogP contribution in [0.3, 0.4) is 0 Å². The van der Waals surface area contributed by atoms with E-state index in [0.29, 0.717) is 12.5 Å². The standard InChI is InChI=1S/C13H24N2O3/c1-10-2-5-15(12(10)9-16)8-13(17)14-11-3-6-18-7-4-11/h10-12,16H,2-9H2,1H3,(H,14,17). The van der Waals surface area contributed by atoms with Gasteiger partial charge in [0.15, 0.2) is 0 Å². The minimum atomic E-state index is 0.0782. The number of ether oxygens (including phenoxy) is 1. The molecule has 0 spiro atoms. The van der Waals surface area contributed by atoms with Crippen LogP contribution in [0.15, 0.2) is 0 Å². The molecule has 5 heteroatoms. The first-order valence-electron chi connectivity index (χ1n) is 6.92. The minimum absolute atomic E-state index is 0.0782. The number of aliphatic hydroxyl groups is 1. The number of rotatable bonds is 4. The Morgan fingerprint density at radius 3 is 2.78 bits per heavy atom. The summed E-state index contributed by atoms with van der Waals surface area (Å²) in [5, 5.41) is 12.4. The number of hydrogen-bond donors (Lipinski definition) is 2. The van der Waals surface area contributed by atoms with Crippen molar-refractivity contribution in [1.82, 2.24) is 10.2 Å². The molecule has 0 aromatic heterocycles. The van der Waals surface area contributed by atoms with Gasteiger partial charge in [0.1, 0.15) is 0 Å². The fraction of sp³-hybridized carbons (Fsp3) is 0.923. The van der Waals surface area contributed by atoms with Crippen molar-refractivity contribution in [3.63, 3.8) is 0 Å². The van der Waals surface area contributed by atoms with E-state index < -0.39 is 0 Å². The summed E-state index contributed by atoms with van der Waals surface area (Å²) in [7, 11) is 0. The molecule has 0 aromatic rings. The molecule has 2 N–H and O–H groups in total. The minimum Gasteiger partial charge on any atom is -0.395 e. The van der Waals surface area contributed by atoms with E-state index in [9.17, 15) is 9.90 Å². The van der Waals surface area contributed by atoms with E-state index >= 15 is 0 Å². The molecule has 2 aliphatic rings. The number of hydrogen-bond acceptors (Lipinski definition) is 4. The van der Waals surface area contributed by atoms with Gasteiger partial charge in [0, 0.05) is 25.3 Å². The normalized spacial score (nSPS) is 30.6. The van der Waals surface area contributed by atoms with E-state index in [-0.39, 0.29) is 24.6 Å². The van der Waals surface area contributed by atoms with Gasteiger partial charge in [0.05, 0.1) is 13.2 Å². The molecule has 0 bridgehead atoms. The van der Waals surface area contributed by atoms with Gasteiger partial charge < -0.3 is 15.2 Å². The summed E-state index contributed by atoms with van der Waals surface area (Å²) in [6.45, 7) is 5.08. The lowest BCUT2D eigenvalue weighted by Crippen LogP contribution is -2.46. The number of amides is 1. The van der Waals surface area contributed by atoms with E-state index in [4.69, 9.17) is 4.74 Å². The third-order valence-corrected chi connectivity index (χ3v) is 4.12. The summed E-state index contributed by atoms with van der Waals surface area (Å²) in [4.78, 5) is 14.1. The van der Waals surface area contributed by atoms with Crippen LogP contribution >= 0.6 is 0 Å². The van der Waals surface area contributed by atoms with Crippen LogP contribution in [0.1, 0.15) is 26.2 Å². The summed E-state index contributed by atoms with van der Waals surface area (Å²) in [6.07, 6.45) is 2.88. The molecule has 1 amide bonds. The number of nitrogens with zero attached hydrogens (tertiary/aromatic N) is 1. The van der Waals surface area contributed by atoms with Crippen LogP contribution in [0, 0.1) is 5.92 Å². The highest BCUT2D eigenvalue weighted by molar-refractivity contribution is 5.78. The highest BCUT2D eigenvalue weighted by Crippen LogP contribution is 2.22. The Labute approximate surface area is 108 Å². The molecule has 2 unspecified atom stereocenters. The van der Waals surface area contributed by atoms with Gasteiger partial charge >= 0.3 is 0 Å². The number of likely N-dealkylation sites (tertiary alicyclic amines) is 1. The third kappa shape index (κ3) is 3.43.